The molecule has 14 heavy (non-hydrogen) atoms. The molecule has 3 nitrogen and oxygen atoms in total. The summed E-state index contributed by atoms with van der Waals surface area (Å²) in [6, 6.07) is 7.40. The van der Waals surface area contributed by atoms with Crippen molar-refractivity contribution >= 4 is 11.0 Å². The van der Waals surface area contributed by atoms with Crippen molar-refractivity contribution in [1.82, 2.24) is 9.71 Å². The summed E-state index contributed by atoms with van der Waals surface area (Å²) < 4.78 is 0.926. The highest BCUT2D eigenvalue weighted by atomic mass is 16.5. The first-order chi connectivity index (χ1) is 6.50. The molecule has 0 aliphatic heterocycles. The number of fused-ring (bicyclic) bond motifs is 1. The van der Waals surface area contributed by atoms with Crippen LogP contribution in [0.15, 0.2) is 24.3 Å². The lowest BCUT2D eigenvalue weighted by atomic mass is 9.96. The molecule has 1 aromatic carbocycles. The van der Waals surface area contributed by atoms with Crippen LogP contribution in [0.25, 0.3) is 11.0 Å². The van der Waals surface area contributed by atoms with Crippen LogP contribution < -0.4 is 0 Å². The highest BCUT2D eigenvalue weighted by Crippen LogP contribution is 2.24. The van der Waals surface area contributed by atoms with E-state index in [0.717, 1.165) is 10.2 Å². The maximum Gasteiger partial charge on any atom is 0.110 e. The first-order valence-corrected chi connectivity index (χ1v) is 4.65. The lowest BCUT2D eigenvalue weighted by molar-refractivity contribution is 0.539. The van der Waals surface area contributed by atoms with Gasteiger partial charge in [-0.3, -0.25) is 0 Å². The minimum Gasteiger partial charge on any atom is -0.804 e. The quantitative estimate of drug-likeness (QED) is 0.639. The average molecular weight is 189 g/mol. The minimum atomic E-state index is -0.208. The summed E-state index contributed by atoms with van der Waals surface area (Å²) in [5, 5.41) is 11.8. The molecule has 0 aliphatic carbocycles. The van der Waals surface area contributed by atoms with Gasteiger partial charge in [-0.15, -0.1) is 0 Å². The maximum atomic E-state index is 11.8. The molecular weight excluding hydrogens is 176 g/mol. The second-order valence-electron chi connectivity index (χ2n) is 4.47. The van der Waals surface area contributed by atoms with E-state index in [2.05, 4.69) is 4.98 Å². The van der Waals surface area contributed by atoms with Crippen LogP contribution in [0.2, 0.25) is 0 Å². The highest BCUT2D eigenvalue weighted by Gasteiger charge is 2.19. The molecule has 2 aromatic rings. The van der Waals surface area contributed by atoms with Gasteiger partial charge >= 0.3 is 0 Å². The van der Waals surface area contributed by atoms with E-state index < -0.39 is 0 Å². The summed E-state index contributed by atoms with van der Waals surface area (Å²) >= 11 is 0. The molecule has 0 unspecified atom stereocenters. The fourth-order valence-corrected chi connectivity index (χ4v) is 1.48. The van der Waals surface area contributed by atoms with Gasteiger partial charge in [-0.2, -0.15) is 0 Å². The third-order valence-corrected chi connectivity index (χ3v) is 2.19. The second kappa shape index (κ2) is 2.74. The second-order valence-corrected chi connectivity index (χ2v) is 4.47. The van der Waals surface area contributed by atoms with Crippen molar-refractivity contribution in [3.8, 4) is 0 Å². The summed E-state index contributed by atoms with van der Waals surface area (Å²) in [7, 11) is 0. The number of aromatic nitrogens is 2. The molecule has 3 heteroatoms. The van der Waals surface area contributed by atoms with Crippen LogP contribution >= 0.6 is 0 Å². The molecule has 1 aromatic heterocycles. The molecule has 2 rings (SSSR count). The summed E-state index contributed by atoms with van der Waals surface area (Å²) in [5.74, 6) is 0.582. The number of rotatable bonds is 0. The number of para-hydroxylation sites is 2. The summed E-state index contributed by atoms with van der Waals surface area (Å²) in [4.78, 5) is 4.33. The van der Waals surface area contributed by atoms with Crippen molar-refractivity contribution in [1.29, 1.82) is 0 Å². The molecule has 0 atom stereocenters. The van der Waals surface area contributed by atoms with Crippen molar-refractivity contribution in [2.75, 3.05) is 0 Å². The SMILES string of the molecule is CC(C)(C)c1nc2ccccc2n1[O-]. The normalized spacial score (nSPS) is 12.2. The standard InChI is InChI=1S/C11H13N2O/c1-11(2,3)10-12-8-6-4-5-7-9(8)13(10)14/h4-7H,1-3H3/q-1. The number of imidazole rings is 1. The van der Waals surface area contributed by atoms with E-state index in [1.165, 1.54) is 0 Å². The van der Waals surface area contributed by atoms with Crippen molar-refractivity contribution in [2.24, 2.45) is 0 Å². The monoisotopic (exact) mass is 189 g/mol. The van der Waals surface area contributed by atoms with Gasteiger partial charge in [0.05, 0.1) is 11.0 Å². The van der Waals surface area contributed by atoms with Crippen LogP contribution in [0.5, 0.6) is 0 Å². The van der Waals surface area contributed by atoms with E-state index in [1.807, 2.05) is 39.0 Å². The van der Waals surface area contributed by atoms with Crippen molar-refractivity contribution in [3.63, 3.8) is 0 Å². The third-order valence-electron chi connectivity index (χ3n) is 2.19. The van der Waals surface area contributed by atoms with Crippen LogP contribution in [-0.4, -0.2) is 9.71 Å². The van der Waals surface area contributed by atoms with E-state index in [9.17, 15) is 5.21 Å². The van der Waals surface area contributed by atoms with Gasteiger partial charge in [-0.05, 0) is 12.1 Å². The number of hydrogen-bond donors (Lipinski definition) is 0. The van der Waals surface area contributed by atoms with Crippen molar-refractivity contribution in [2.45, 2.75) is 26.2 Å². The van der Waals surface area contributed by atoms with E-state index in [-0.39, 0.29) is 5.41 Å². The summed E-state index contributed by atoms with van der Waals surface area (Å²) in [6.07, 6.45) is 0. The lowest BCUT2D eigenvalue weighted by Gasteiger charge is -2.22. The molecule has 74 valence electrons. The average Bonchev–Trinajstić information content (AvgIpc) is 2.44. The predicted molar refractivity (Wildman–Crippen MR) is 57.2 cm³/mol. The van der Waals surface area contributed by atoms with Crippen LogP contribution in [0.1, 0.15) is 26.6 Å². The zero-order valence-corrected chi connectivity index (χ0v) is 8.61. The Morgan fingerprint density at radius 3 is 2.43 bits per heavy atom. The van der Waals surface area contributed by atoms with E-state index in [4.69, 9.17) is 0 Å². The van der Waals surface area contributed by atoms with Gasteiger partial charge in [0.1, 0.15) is 5.82 Å². The van der Waals surface area contributed by atoms with Crippen molar-refractivity contribution < 1.29 is 0 Å². The van der Waals surface area contributed by atoms with Gasteiger partial charge in [-0.25, -0.2) is 4.98 Å². The zero-order valence-electron chi connectivity index (χ0n) is 8.61. The highest BCUT2D eigenvalue weighted by molar-refractivity contribution is 5.76. The van der Waals surface area contributed by atoms with Crippen LogP contribution in [0.4, 0.5) is 0 Å². The molecule has 0 aliphatic rings. The van der Waals surface area contributed by atoms with Crippen molar-refractivity contribution in [3.05, 3.63) is 35.3 Å². The minimum absolute atomic E-state index is 0.208. The zero-order chi connectivity index (χ0) is 10.3. The van der Waals surface area contributed by atoms with Gasteiger partial charge in [0.25, 0.3) is 0 Å². The van der Waals surface area contributed by atoms with E-state index >= 15 is 0 Å². The van der Waals surface area contributed by atoms with Gasteiger partial charge < -0.3 is 9.94 Å². The Morgan fingerprint density at radius 2 is 1.86 bits per heavy atom. The van der Waals surface area contributed by atoms with Crippen LogP contribution in [0, 0.1) is 5.21 Å². The fourth-order valence-electron chi connectivity index (χ4n) is 1.48. The number of nitrogens with zero attached hydrogens (tertiary/aromatic N) is 2. The molecule has 1 heterocycles. The fraction of sp³-hybridized carbons (Fsp3) is 0.364. The molecule has 0 spiro atoms. The number of hydrogen-bond acceptors (Lipinski definition) is 2. The molecule has 0 saturated heterocycles. The first-order valence-electron chi connectivity index (χ1n) is 4.65. The van der Waals surface area contributed by atoms with Gasteiger partial charge in [0.15, 0.2) is 0 Å². The van der Waals surface area contributed by atoms with Crippen LogP contribution in [-0.2, 0) is 5.41 Å². The maximum absolute atomic E-state index is 11.8. The Hall–Kier alpha value is -1.51. The Bertz CT molecular complexity index is 466. The van der Waals surface area contributed by atoms with Crippen LogP contribution in [0.3, 0.4) is 0 Å². The molecule has 0 amide bonds. The van der Waals surface area contributed by atoms with Gasteiger partial charge in [0, 0.05) is 5.41 Å². The van der Waals surface area contributed by atoms with Gasteiger partial charge in [0.2, 0.25) is 0 Å². The Kier molecular flexibility index (Phi) is 1.77. The summed E-state index contributed by atoms with van der Waals surface area (Å²) in [6.45, 7) is 5.97. The molecule has 0 bridgehead atoms. The Balaban J connectivity index is 2.75. The molecular formula is C11H13N2O-. The lowest BCUT2D eigenvalue weighted by Crippen LogP contribution is -2.16. The largest absolute Gasteiger partial charge is 0.804 e. The topological polar surface area (TPSA) is 40.9 Å². The van der Waals surface area contributed by atoms with E-state index in [0.29, 0.717) is 11.3 Å². The number of benzene rings is 1. The molecule has 0 saturated carbocycles. The molecule has 0 radical (unpaired) electrons. The smallest absolute Gasteiger partial charge is 0.110 e. The summed E-state index contributed by atoms with van der Waals surface area (Å²) in [5.41, 5.74) is 1.21. The van der Waals surface area contributed by atoms with E-state index in [1.54, 1.807) is 6.07 Å². The molecule has 0 N–H and O–H groups in total. The Morgan fingerprint density at radius 1 is 1.21 bits per heavy atom. The Labute approximate surface area is 83.0 Å². The third kappa shape index (κ3) is 1.25. The molecule has 0 fully saturated rings. The predicted octanol–water partition coefficient (Wildman–Crippen LogP) is 2.68. The first kappa shape index (κ1) is 9.06. The van der Waals surface area contributed by atoms with Gasteiger partial charge in [-0.1, -0.05) is 32.9 Å².